The molecule has 0 fully saturated rings. The summed E-state index contributed by atoms with van der Waals surface area (Å²) in [6, 6.07) is 6.04. The lowest BCUT2D eigenvalue weighted by Crippen LogP contribution is -2.21. The third kappa shape index (κ3) is 5.65. The van der Waals surface area contributed by atoms with Gasteiger partial charge in [0.25, 0.3) is 17.7 Å². The summed E-state index contributed by atoms with van der Waals surface area (Å²) in [4.78, 5) is 16.9. The van der Waals surface area contributed by atoms with Crippen molar-refractivity contribution in [3.63, 3.8) is 0 Å². The smallest absolute Gasteiger partial charge is 0.435 e. The SMILES string of the molecule is COc1nc(C)cc(F)c1Oc1nnc(C(F)(F)F)c(C)c1C(=O)Nc1cccc(S(C)(=O)=O)c1. The molecule has 35 heavy (non-hydrogen) atoms. The highest BCUT2D eigenvalue weighted by atomic mass is 32.2. The average Bonchev–Trinajstić information content (AvgIpc) is 2.74. The third-order valence-electron chi connectivity index (χ3n) is 4.62. The van der Waals surface area contributed by atoms with Crippen molar-refractivity contribution >= 4 is 21.4 Å². The number of benzene rings is 1. The molecule has 1 amide bonds. The van der Waals surface area contributed by atoms with Crippen LogP contribution in [0.1, 0.15) is 27.3 Å². The first-order chi connectivity index (χ1) is 16.2. The molecule has 0 saturated heterocycles. The van der Waals surface area contributed by atoms with Gasteiger partial charge in [0, 0.05) is 17.6 Å². The lowest BCUT2D eigenvalue weighted by molar-refractivity contribution is -0.142. The summed E-state index contributed by atoms with van der Waals surface area (Å²) in [6.45, 7) is 2.44. The van der Waals surface area contributed by atoms with Gasteiger partial charge in [-0.15, -0.1) is 10.2 Å². The van der Waals surface area contributed by atoms with E-state index in [0.717, 1.165) is 25.3 Å². The lowest BCUT2D eigenvalue weighted by Gasteiger charge is -2.17. The standard InChI is InChI=1S/C21H18F4N4O5S/c1-10-8-14(22)16(20(26-10)33-3)34-19-15(11(2)17(28-29-19)21(23,24)25)18(30)27-12-6-5-7-13(9-12)35(4,31)32/h5-9H,1-4H3,(H,27,30). The van der Waals surface area contributed by atoms with E-state index in [2.05, 4.69) is 20.5 Å². The molecule has 0 atom stereocenters. The molecule has 0 bridgehead atoms. The maximum absolute atomic E-state index is 14.6. The van der Waals surface area contributed by atoms with Crippen LogP contribution in [0.15, 0.2) is 35.2 Å². The van der Waals surface area contributed by atoms with Crippen LogP contribution in [0.2, 0.25) is 0 Å². The third-order valence-corrected chi connectivity index (χ3v) is 5.73. The summed E-state index contributed by atoms with van der Waals surface area (Å²) in [5, 5.41) is 8.77. The summed E-state index contributed by atoms with van der Waals surface area (Å²) < 4.78 is 88.8. The maximum Gasteiger partial charge on any atom is 0.435 e. The van der Waals surface area contributed by atoms with E-state index in [-0.39, 0.29) is 22.2 Å². The molecule has 0 aliphatic carbocycles. The van der Waals surface area contributed by atoms with Gasteiger partial charge in [-0.25, -0.2) is 17.8 Å². The number of carbonyl (C=O) groups excluding carboxylic acids is 1. The van der Waals surface area contributed by atoms with Crippen molar-refractivity contribution in [2.75, 3.05) is 18.7 Å². The van der Waals surface area contributed by atoms with Crippen molar-refractivity contribution in [1.29, 1.82) is 0 Å². The summed E-state index contributed by atoms with van der Waals surface area (Å²) in [7, 11) is -2.47. The molecule has 0 spiro atoms. The highest BCUT2D eigenvalue weighted by molar-refractivity contribution is 7.90. The number of hydrogen-bond donors (Lipinski definition) is 1. The maximum atomic E-state index is 14.6. The Morgan fingerprint density at radius 3 is 2.37 bits per heavy atom. The highest BCUT2D eigenvalue weighted by Gasteiger charge is 2.38. The molecule has 1 N–H and O–H groups in total. The van der Waals surface area contributed by atoms with Gasteiger partial charge in [-0.2, -0.15) is 13.2 Å². The van der Waals surface area contributed by atoms with E-state index >= 15 is 0 Å². The Morgan fingerprint density at radius 2 is 1.77 bits per heavy atom. The second-order valence-corrected chi connectivity index (χ2v) is 9.31. The quantitative estimate of drug-likeness (QED) is 0.488. The number of pyridine rings is 1. The number of carbonyl (C=O) groups is 1. The van der Waals surface area contributed by atoms with Crippen LogP contribution in [0, 0.1) is 19.7 Å². The normalized spacial score (nSPS) is 11.8. The summed E-state index contributed by atoms with van der Waals surface area (Å²) >= 11 is 0. The molecule has 186 valence electrons. The van der Waals surface area contributed by atoms with Gasteiger partial charge in [0.2, 0.25) is 5.75 Å². The molecule has 0 unspecified atom stereocenters. The molecule has 9 nitrogen and oxygen atoms in total. The fraction of sp³-hybridized carbons (Fsp3) is 0.238. The van der Waals surface area contributed by atoms with Crippen LogP contribution in [0.25, 0.3) is 0 Å². The van der Waals surface area contributed by atoms with Crippen LogP contribution in [0.5, 0.6) is 17.5 Å². The van der Waals surface area contributed by atoms with Gasteiger partial charge in [-0.3, -0.25) is 4.79 Å². The molecule has 2 heterocycles. The number of alkyl halides is 3. The van der Waals surface area contributed by atoms with Crippen LogP contribution in [0.4, 0.5) is 23.2 Å². The van der Waals surface area contributed by atoms with Crippen LogP contribution in [-0.2, 0) is 16.0 Å². The number of methoxy groups -OCH3 is 1. The second-order valence-electron chi connectivity index (χ2n) is 7.29. The minimum Gasteiger partial charge on any atom is -0.478 e. The Labute approximate surface area is 197 Å². The van der Waals surface area contributed by atoms with Crippen molar-refractivity contribution < 1.29 is 40.2 Å². The molecule has 2 aromatic heterocycles. The van der Waals surface area contributed by atoms with E-state index in [4.69, 9.17) is 9.47 Å². The van der Waals surface area contributed by atoms with E-state index in [9.17, 15) is 30.8 Å². The lowest BCUT2D eigenvalue weighted by atomic mass is 10.1. The summed E-state index contributed by atoms with van der Waals surface area (Å²) in [5.41, 5.74) is -2.63. The molecular weight excluding hydrogens is 496 g/mol. The highest BCUT2D eigenvalue weighted by Crippen LogP contribution is 2.37. The predicted octanol–water partition coefficient (Wildman–Crippen LogP) is 4.10. The Kier molecular flexibility index (Phi) is 6.96. The fourth-order valence-corrected chi connectivity index (χ4v) is 3.69. The molecule has 3 aromatic rings. The van der Waals surface area contributed by atoms with E-state index in [1.54, 1.807) is 0 Å². The zero-order chi connectivity index (χ0) is 26.1. The fourth-order valence-electron chi connectivity index (χ4n) is 3.03. The Balaban J connectivity index is 2.13. The molecule has 0 radical (unpaired) electrons. The summed E-state index contributed by atoms with van der Waals surface area (Å²) in [5.74, 6) is -3.83. The number of halogens is 4. The van der Waals surface area contributed by atoms with Crippen LogP contribution < -0.4 is 14.8 Å². The number of nitrogens with one attached hydrogen (secondary N) is 1. The van der Waals surface area contributed by atoms with Crippen molar-refractivity contribution in [2.24, 2.45) is 0 Å². The number of nitrogens with zero attached hydrogens (tertiary/aromatic N) is 3. The molecule has 0 saturated carbocycles. The van der Waals surface area contributed by atoms with E-state index < -0.39 is 56.2 Å². The largest absolute Gasteiger partial charge is 0.478 e. The monoisotopic (exact) mass is 514 g/mol. The number of aromatic nitrogens is 3. The molecule has 0 aliphatic heterocycles. The Morgan fingerprint density at radius 1 is 1.09 bits per heavy atom. The van der Waals surface area contributed by atoms with Gasteiger partial charge in [-0.1, -0.05) is 6.07 Å². The zero-order valence-corrected chi connectivity index (χ0v) is 19.5. The number of hydrogen-bond acceptors (Lipinski definition) is 8. The molecule has 14 heteroatoms. The van der Waals surface area contributed by atoms with Crippen LogP contribution in [-0.4, -0.2) is 42.9 Å². The molecule has 1 aromatic carbocycles. The topological polar surface area (TPSA) is 120 Å². The minimum absolute atomic E-state index is 0.0330. The van der Waals surface area contributed by atoms with Gasteiger partial charge in [-0.05, 0) is 43.7 Å². The number of rotatable bonds is 6. The number of sulfone groups is 1. The predicted molar refractivity (Wildman–Crippen MR) is 115 cm³/mol. The number of ether oxygens (including phenoxy) is 2. The number of aryl methyl sites for hydroxylation is 1. The average molecular weight is 514 g/mol. The Hall–Kier alpha value is -3.81. The van der Waals surface area contributed by atoms with Gasteiger partial charge in [0.05, 0.1) is 12.0 Å². The van der Waals surface area contributed by atoms with Gasteiger partial charge < -0.3 is 14.8 Å². The van der Waals surface area contributed by atoms with Gasteiger partial charge in [0.15, 0.2) is 21.3 Å². The van der Waals surface area contributed by atoms with Gasteiger partial charge >= 0.3 is 6.18 Å². The van der Waals surface area contributed by atoms with Crippen molar-refractivity contribution in [3.8, 4) is 17.5 Å². The van der Waals surface area contributed by atoms with Crippen LogP contribution >= 0.6 is 0 Å². The van der Waals surface area contributed by atoms with Crippen molar-refractivity contribution in [2.45, 2.75) is 24.9 Å². The second kappa shape index (κ2) is 9.44. The first kappa shape index (κ1) is 25.8. The molecule has 0 aliphatic rings. The van der Waals surface area contributed by atoms with Gasteiger partial charge in [0.1, 0.15) is 5.56 Å². The molecular formula is C21H18F4N4O5S. The first-order valence-electron chi connectivity index (χ1n) is 9.67. The van der Waals surface area contributed by atoms with E-state index in [0.29, 0.717) is 0 Å². The van der Waals surface area contributed by atoms with E-state index in [1.165, 1.54) is 32.2 Å². The first-order valence-corrected chi connectivity index (χ1v) is 11.6. The molecule has 3 rings (SSSR count). The van der Waals surface area contributed by atoms with Crippen molar-refractivity contribution in [1.82, 2.24) is 15.2 Å². The summed E-state index contributed by atoms with van der Waals surface area (Å²) in [6.07, 6.45) is -4.01. The number of amides is 1. The van der Waals surface area contributed by atoms with E-state index in [1.807, 2.05) is 0 Å². The minimum atomic E-state index is -4.96. The number of anilines is 1. The van der Waals surface area contributed by atoms with Crippen LogP contribution in [0.3, 0.4) is 0 Å². The Bertz CT molecular complexity index is 1410. The van der Waals surface area contributed by atoms with Crippen molar-refractivity contribution in [3.05, 3.63) is 58.7 Å². The zero-order valence-electron chi connectivity index (χ0n) is 18.7.